The van der Waals surface area contributed by atoms with Gasteiger partial charge in [0.2, 0.25) is 0 Å². The summed E-state index contributed by atoms with van der Waals surface area (Å²) >= 11 is 0. The van der Waals surface area contributed by atoms with Crippen LogP contribution in [0.15, 0.2) is 23.1 Å². The normalized spacial score (nSPS) is 18.7. The number of nitrogens with zero attached hydrogens (tertiary/aromatic N) is 1. The minimum absolute atomic E-state index is 0.386. The lowest BCUT2D eigenvalue weighted by Crippen LogP contribution is -2.38. The van der Waals surface area contributed by atoms with Crippen molar-refractivity contribution in [3.05, 3.63) is 24.0 Å². The Bertz CT molecular complexity index is 436. The molecule has 1 aromatic carbocycles. The monoisotopic (exact) mass is 272 g/mol. The summed E-state index contributed by atoms with van der Waals surface area (Å²) in [6, 6.07) is 3.99. The molecule has 100 valence electrons. The highest BCUT2D eigenvalue weighted by Gasteiger charge is 2.14. The maximum Gasteiger partial charge on any atom is 0.124 e. The van der Waals surface area contributed by atoms with Crippen LogP contribution in [0.4, 0.5) is 10.1 Å². The van der Waals surface area contributed by atoms with Gasteiger partial charge < -0.3 is 10.5 Å². The van der Waals surface area contributed by atoms with E-state index in [0.717, 1.165) is 26.3 Å². The first-order chi connectivity index (χ1) is 8.66. The first kappa shape index (κ1) is 13.5. The van der Waals surface area contributed by atoms with Crippen LogP contribution >= 0.6 is 0 Å². The Morgan fingerprint density at radius 2 is 2.11 bits per heavy atom. The Labute approximate surface area is 108 Å². The summed E-state index contributed by atoms with van der Waals surface area (Å²) in [6.07, 6.45) is 0. The van der Waals surface area contributed by atoms with Crippen LogP contribution in [-0.2, 0) is 15.5 Å². The molecular formula is C12H17FN2O2S. The molecule has 1 aromatic rings. The van der Waals surface area contributed by atoms with Crippen LogP contribution in [0.3, 0.4) is 0 Å². The van der Waals surface area contributed by atoms with Crippen molar-refractivity contribution in [2.24, 2.45) is 0 Å². The molecule has 0 aromatic heterocycles. The van der Waals surface area contributed by atoms with E-state index in [0.29, 0.717) is 22.9 Å². The second-order valence-corrected chi connectivity index (χ2v) is 5.72. The highest BCUT2D eigenvalue weighted by atomic mass is 32.2. The molecule has 1 aliphatic heterocycles. The van der Waals surface area contributed by atoms with Gasteiger partial charge in [-0.15, -0.1) is 0 Å². The average Bonchev–Trinajstić information content (AvgIpc) is 2.40. The van der Waals surface area contributed by atoms with E-state index in [2.05, 4.69) is 4.90 Å². The van der Waals surface area contributed by atoms with Gasteiger partial charge in [0, 0.05) is 31.1 Å². The van der Waals surface area contributed by atoms with Gasteiger partial charge in [0.05, 0.1) is 28.9 Å². The van der Waals surface area contributed by atoms with E-state index < -0.39 is 16.6 Å². The summed E-state index contributed by atoms with van der Waals surface area (Å²) in [6.45, 7) is 3.86. The van der Waals surface area contributed by atoms with Gasteiger partial charge in [-0.1, -0.05) is 0 Å². The third-order valence-electron chi connectivity index (χ3n) is 2.92. The minimum Gasteiger partial charge on any atom is -0.398 e. The van der Waals surface area contributed by atoms with E-state index in [-0.39, 0.29) is 0 Å². The van der Waals surface area contributed by atoms with Crippen molar-refractivity contribution in [3.8, 4) is 0 Å². The molecule has 0 bridgehead atoms. The van der Waals surface area contributed by atoms with Crippen molar-refractivity contribution in [2.75, 3.05) is 44.3 Å². The molecule has 6 heteroatoms. The predicted octanol–water partition coefficient (Wildman–Crippen LogP) is 0.848. The van der Waals surface area contributed by atoms with Crippen molar-refractivity contribution in [1.29, 1.82) is 0 Å². The number of hydrogen-bond acceptors (Lipinski definition) is 4. The number of ether oxygens (including phenoxy) is 1. The Balaban J connectivity index is 1.92. The Kier molecular flexibility index (Phi) is 4.68. The topological polar surface area (TPSA) is 55.6 Å². The van der Waals surface area contributed by atoms with Crippen LogP contribution < -0.4 is 5.73 Å². The molecule has 2 rings (SSSR count). The molecule has 4 nitrogen and oxygen atoms in total. The van der Waals surface area contributed by atoms with E-state index >= 15 is 0 Å². The number of benzene rings is 1. The standard InChI is InChI=1S/C12H17FN2O2S/c13-10-1-2-11(14)12(9-10)18(16)8-5-15-3-6-17-7-4-15/h1-2,9H,3-8,14H2. The van der Waals surface area contributed by atoms with E-state index in [1.807, 2.05) is 0 Å². The van der Waals surface area contributed by atoms with E-state index in [9.17, 15) is 8.60 Å². The zero-order valence-corrected chi connectivity index (χ0v) is 10.9. The van der Waals surface area contributed by atoms with Crippen molar-refractivity contribution in [2.45, 2.75) is 4.90 Å². The van der Waals surface area contributed by atoms with Crippen LogP contribution in [0.2, 0.25) is 0 Å². The van der Waals surface area contributed by atoms with Gasteiger partial charge in [0.25, 0.3) is 0 Å². The lowest BCUT2D eigenvalue weighted by Gasteiger charge is -2.26. The van der Waals surface area contributed by atoms with E-state index in [4.69, 9.17) is 10.5 Å². The van der Waals surface area contributed by atoms with Crippen molar-refractivity contribution in [1.82, 2.24) is 4.90 Å². The number of nitrogens with two attached hydrogens (primary N) is 1. The molecule has 1 unspecified atom stereocenters. The van der Waals surface area contributed by atoms with Crippen LogP contribution in [0.25, 0.3) is 0 Å². The fourth-order valence-electron chi connectivity index (χ4n) is 1.85. The molecule has 2 N–H and O–H groups in total. The zero-order valence-electron chi connectivity index (χ0n) is 10.1. The van der Waals surface area contributed by atoms with Crippen LogP contribution in [0.5, 0.6) is 0 Å². The highest BCUT2D eigenvalue weighted by molar-refractivity contribution is 7.85. The summed E-state index contributed by atoms with van der Waals surface area (Å²) in [5.74, 6) is 0.0622. The second-order valence-electron chi connectivity index (χ2n) is 4.19. The molecule has 1 saturated heterocycles. The Hall–Kier alpha value is -0.980. The van der Waals surface area contributed by atoms with Gasteiger partial charge >= 0.3 is 0 Å². The molecule has 0 saturated carbocycles. The molecule has 0 spiro atoms. The highest BCUT2D eigenvalue weighted by Crippen LogP contribution is 2.18. The molecule has 0 amide bonds. The Morgan fingerprint density at radius 1 is 1.39 bits per heavy atom. The van der Waals surface area contributed by atoms with Crippen molar-refractivity contribution < 1.29 is 13.3 Å². The van der Waals surface area contributed by atoms with E-state index in [1.165, 1.54) is 18.2 Å². The van der Waals surface area contributed by atoms with Gasteiger partial charge in [-0.25, -0.2) is 4.39 Å². The minimum atomic E-state index is -1.25. The maximum atomic E-state index is 13.1. The fourth-order valence-corrected chi connectivity index (χ4v) is 3.07. The lowest BCUT2D eigenvalue weighted by molar-refractivity contribution is 0.0409. The maximum absolute atomic E-state index is 13.1. The number of nitrogen functional groups attached to an aromatic ring is 1. The number of rotatable bonds is 4. The number of halogens is 1. The molecule has 1 heterocycles. The largest absolute Gasteiger partial charge is 0.398 e. The summed E-state index contributed by atoms with van der Waals surface area (Å²) in [4.78, 5) is 2.58. The fraction of sp³-hybridized carbons (Fsp3) is 0.500. The van der Waals surface area contributed by atoms with Gasteiger partial charge in [0.1, 0.15) is 5.82 Å². The van der Waals surface area contributed by atoms with Crippen LogP contribution in [-0.4, -0.2) is 47.7 Å². The second kappa shape index (κ2) is 6.26. The molecule has 1 fully saturated rings. The summed E-state index contributed by atoms with van der Waals surface area (Å²) in [7, 11) is -1.25. The van der Waals surface area contributed by atoms with Gasteiger partial charge in [-0.3, -0.25) is 9.11 Å². The SMILES string of the molecule is Nc1ccc(F)cc1S(=O)CCN1CCOCC1. The van der Waals surface area contributed by atoms with Gasteiger partial charge in [0.15, 0.2) is 0 Å². The quantitative estimate of drug-likeness (QED) is 0.826. The van der Waals surface area contributed by atoms with Crippen LogP contribution in [0, 0.1) is 5.82 Å². The molecular weight excluding hydrogens is 255 g/mol. The Morgan fingerprint density at radius 3 is 2.83 bits per heavy atom. The van der Waals surface area contributed by atoms with E-state index in [1.54, 1.807) is 0 Å². The average molecular weight is 272 g/mol. The zero-order chi connectivity index (χ0) is 13.0. The van der Waals surface area contributed by atoms with Crippen LogP contribution in [0.1, 0.15) is 0 Å². The molecule has 18 heavy (non-hydrogen) atoms. The number of morpholine rings is 1. The first-order valence-electron chi connectivity index (χ1n) is 5.90. The molecule has 1 atom stereocenters. The molecule has 1 aliphatic rings. The lowest BCUT2D eigenvalue weighted by atomic mass is 10.3. The first-order valence-corrected chi connectivity index (χ1v) is 7.22. The molecule has 0 aliphatic carbocycles. The van der Waals surface area contributed by atoms with Gasteiger partial charge in [-0.2, -0.15) is 0 Å². The van der Waals surface area contributed by atoms with Crippen molar-refractivity contribution in [3.63, 3.8) is 0 Å². The number of anilines is 1. The molecule has 0 radical (unpaired) electrons. The summed E-state index contributed by atoms with van der Waals surface area (Å²) < 4.78 is 30.4. The van der Waals surface area contributed by atoms with Gasteiger partial charge in [-0.05, 0) is 18.2 Å². The number of hydrogen-bond donors (Lipinski definition) is 1. The summed E-state index contributed by atoms with van der Waals surface area (Å²) in [5, 5.41) is 0. The summed E-state index contributed by atoms with van der Waals surface area (Å²) in [5.41, 5.74) is 6.09. The third kappa shape index (κ3) is 3.51. The predicted molar refractivity (Wildman–Crippen MR) is 69.3 cm³/mol. The van der Waals surface area contributed by atoms with Crippen molar-refractivity contribution >= 4 is 16.5 Å². The smallest absolute Gasteiger partial charge is 0.124 e. The third-order valence-corrected chi connectivity index (χ3v) is 4.31.